The number of rotatable bonds is 4. The van der Waals surface area contributed by atoms with E-state index in [1.54, 1.807) is 12.1 Å². The number of hydrogen-bond donors (Lipinski definition) is 0. The molecule has 5 aromatic carbocycles. The van der Waals surface area contributed by atoms with Crippen LogP contribution in [0.2, 0.25) is 0 Å². The average molecular weight is 581 g/mol. The monoisotopic (exact) mass is 580 g/mol. The van der Waals surface area contributed by atoms with Crippen molar-refractivity contribution in [2.45, 2.75) is 11.9 Å². The summed E-state index contributed by atoms with van der Waals surface area (Å²) in [7, 11) is -5.76. The van der Waals surface area contributed by atoms with E-state index in [0.717, 1.165) is 44.5 Å². The number of hydrogen-bond acceptors (Lipinski definition) is 3. The minimum Gasteiger partial charge on any atom is -0.376 e. The minimum atomic E-state index is -5.76. The molecule has 1 atom stereocenters. The molecular formula is C35H23F3O3S. The zero-order valence-corrected chi connectivity index (χ0v) is 22.9. The van der Waals surface area contributed by atoms with E-state index in [2.05, 4.69) is 64.9 Å². The fourth-order valence-electron chi connectivity index (χ4n) is 5.99. The van der Waals surface area contributed by atoms with E-state index < -0.39 is 21.4 Å². The topological polar surface area (TPSA) is 43.4 Å². The lowest BCUT2D eigenvalue weighted by atomic mass is 9.80. The lowest BCUT2D eigenvalue weighted by molar-refractivity contribution is -0.0500. The molecule has 7 heteroatoms. The highest BCUT2D eigenvalue weighted by Crippen LogP contribution is 2.44. The van der Waals surface area contributed by atoms with Crippen LogP contribution in [0.25, 0.3) is 49.0 Å². The Kier molecular flexibility index (Phi) is 6.10. The first-order chi connectivity index (χ1) is 20.2. The molecule has 0 radical (unpaired) electrons. The predicted molar refractivity (Wildman–Crippen MR) is 162 cm³/mol. The maximum atomic E-state index is 12.8. The Morgan fingerprint density at radius 3 is 2.02 bits per heavy atom. The van der Waals surface area contributed by atoms with Gasteiger partial charge in [-0.1, -0.05) is 103 Å². The normalized spacial score (nSPS) is 16.9. The zero-order valence-electron chi connectivity index (χ0n) is 22.1. The summed E-state index contributed by atoms with van der Waals surface area (Å²) in [5.41, 5.74) is 0.166. The van der Waals surface area contributed by atoms with Gasteiger partial charge in [0.15, 0.2) is 0 Å². The van der Waals surface area contributed by atoms with Crippen LogP contribution in [0.1, 0.15) is 12.0 Å². The predicted octanol–water partition coefficient (Wildman–Crippen LogP) is 9.50. The molecule has 208 valence electrons. The van der Waals surface area contributed by atoms with E-state index in [1.807, 2.05) is 36.4 Å². The van der Waals surface area contributed by atoms with Crippen molar-refractivity contribution in [2.75, 3.05) is 0 Å². The standard InChI is InChI=1S/C35H23F3O3S/c36-35(37,38)42(39,40)41-28-18-17-24-20-27(16-14-25(24)21-28)34-31-11-5-3-9-29(31)33(30-10-4-6-12-32(30)34)26-15-13-22-7-1-2-8-23(22)19-26/h1-7,9-21,23H,8H2. The molecule has 0 heterocycles. The summed E-state index contributed by atoms with van der Waals surface area (Å²) in [5.74, 6) is -0.0548. The summed E-state index contributed by atoms with van der Waals surface area (Å²) in [6, 6.07) is 26.4. The lowest BCUT2D eigenvalue weighted by Gasteiger charge is -2.24. The van der Waals surface area contributed by atoms with Crippen LogP contribution in [-0.4, -0.2) is 13.9 Å². The van der Waals surface area contributed by atoms with Crippen molar-refractivity contribution in [1.82, 2.24) is 0 Å². The molecule has 7 rings (SSSR count). The summed E-state index contributed by atoms with van der Waals surface area (Å²) < 4.78 is 65.8. The molecule has 0 aromatic heterocycles. The molecule has 42 heavy (non-hydrogen) atoms. The number of halogens is 3. The van der Waals surface area contributed by atoms with Gasteiger partial charge in [-0.05, 0) is 84.8 Å². The fraction of sp³-hybridized carbons (Fsp3) is 0.0857. The van der Waals surface area contributed by atoms with Crippen LogP contribution >= 0.6 is 0 Å². The van der Waals surface area contributed by atoms with Gasteiger partial charge < -0.3 is 4.18 Å². The van der Waals surface area contributed by atoms with Crippen molar-refractivity contribution >= 4 is 48.0 Å². The Balaban J connectivity index is 1.39. The van der Waals surface area contributed by atoms with Crippen molar-refractivity contribution in [1.29, 1.82) is 0 Å². The second-order valence-electron chi connectivity index (χ2n) is 10.4. The Hall–Kier alpha value is -4.62. The molecule has 2 aliphatic rings. The van der Waals surface area contributed by atoms with Crippen molar-refractivity contribution < 1.29 is 25.8 Å². The van der Waals surface area contributed by atoms with Gasteiger partial charge in [0.2, 0.25) is 0 Å². The third kappa shape index (κ3) is 4.41. The molecule has 0 amide bonds. The SMILES string of the molecule is O=S(=O)(Oc1ccc2cc(-c3c4ccccc4c(C4=CC5CC=CC=C5C=C4)c4ccccc34)ccc2c1)C(F)(F)F. The van der Waals surface area contributed by atoms with E-state index >= 15 is 0 Å². The van der Waals surface area contributed by atoms with Crippen LogP contribution in [-0.2, 0) is 10.1 Å². The average Bonchev–Trinajstić information content (AvgIpc) is 2.98. The van der Waals surface area contributed by atoms with E-state index in [-0.39, 0.29) is 0 Å². The molecule has 1 unspecified atom stereocenters. The number of fused-ring (bicyclic) bond motifs is 4. The summed E-state index contributed by atoms with van der Waals surface area (Å²) in [6.45, 7) is 0. The maximum Gasteiger partial charge on any atom is 0.534 e. The smallest absolute Gasteiger partial charge is 0.376 e. The van der Waals surface area contributed by atoms with Crippen molar-refractivity contribution in [2.24, 2.45) is 5.92 Å². The van der Waals surface area contributed by atoms with Crippen molar-refractivity contribution in [3.63, 3.8) is 0 Å². The molecule has 0 saturated heterocycles. The minimum absolute atomic E-state index is 0.340. The van der Waals surface area contributed by atoms with Crippen LogP contribution < -0.4 is 4.18 Å². The van der Waals surface area contributed by atoms with Crippen LogP contribution in [0.15, 0.2) is 127 Å². The maximum absolute atomic E-state index is 12.8. The summed E-state index contributed by atoms with van der Waals surface area (Å²) in [6.07, 6.45) is 14.2. The van der Waals surface area contributed by atoms with E-state index in [4.69, 9.17) is 0 Å². The number of benzene rings is 5. The molecule has 0 fully saturated rings. The highest BCUT2D eigenvalue weighted by Gasteiger charge is 2.48. The Morgan fingerprint density at radius 2 is 1.36 bits per heavy atom. The van der Waals surface area contributed by atoms with Gasteiger partial charge in [0, 0.05) is 5.92 Å². The largest absolute Gasteiger partial charge is 0.534 e. The van der Waals surface area contributed by atoms with Gasteiger partial charge in [0.25, 0.3) is 0 Å². The highest BCUT2D eigenvalue weighted by atomic mass is 32.2. The van der Waals surface area contributed by atoms with Crippen molar-refractivity contribution in [3.8, 4) is 16.9 Å². The molecular weight excluding hydrogens is 557 g/mol. The molecule has 0 saturated carbocycles. The Morgan fingerprint density at radius 1 is 0.738 bits per heavy atom. The molecule has 3 nitrogen and oxygen atoms in total. The van der Waals surface area contributed by atoms with E-state index in [0.29, 0.717) is 11.3 Å². The third-order valence-corrected chi connectivity index (χ3v) is 8.87. The van der Waals surface area contributed by atoms with Crippen molar-refractivity contribution in [3.05, 3.63) is 133 Å². The van der Waals surface area contributed by atoms with Gasteiger partial charge in [0.1, 0.15) is 5.75 Å². The summed E-state index contributed by atoms with van der Waals surface area (Å²) >= 11 is 0. The third-order valence-electron chi connectivity index (χ3n) is 7.89. The van der Waals surface area contributed by atoms with Crippen LogP contribution in [0.3, 0.4) is 0 Å². The molecule has 5 aromatic rings. The van der Waals surface area contributed by atoms with Gasteiger partial charge in [-0.15, -0.1) is 0 Å². The zero-order chi connectivity index (χ0) is 29.1. The molecule has 0 spiro atoms. The van der Waals surface area contributed by atoms with Crippen LogP contribution in [0.5, 0.6) is 5.75 Å². The van der Waals surface area contributed by atoms with Gasteiger partial charge >= 0.3 is 15.6 Å². The molecule has 2 aliphatic carbocycles. The van der Waals surface area contributed by atoms with Gasteiger partial charge in [-0.2, -0.15) is 21.6 Å². The van der Waals surface area contributed by atoms with Crippen LogP contribution in [0.4, 0.5) is 13.2 Å². The highest BCUT2D eigenvalue weighted by molar-refractivity contribution is 7.88. The second kappa shape index (κ2) is 9.74. The number of alkyl halides is 3. The molecule has 0 N–H and O–H groups in total. The first-order valence-electron chi connectivity index (χ1n) is 13.4. The van der Waals surface area contributed by atoms with Gasteiger partial charge in [0.05, 0.1) is 0 Å². The van der Waals surface area contributed by atoms with E-state index in [1.165, 1.54) is 28.8 Å². The Bertz CT molecular complexity index is 2100. The number of allylic oxidation sites excluding steroid dienone is 8. The molecule has 0 bridgehead atoms. The van der Waals surface area contributed by atoms with Crippen LogP contribution in [0, 0.1) is 5.92 Å². The quantitative estimate of drug-likeness (QED) is 0.121. The summed E-state index contributed by atoms with van der Waals surface area (Å²) in [4.78, 5) is 0. The first-order valence-corrected chi connectivity index (χ1v) is 14.9. The summed E-state index contributed by atoms with van der Waals surface area (Å²) in [5, 5.41) is 5.72. The molecule has 0 aliphatic heterocycles. The van der Waals surface area contributed by atoms with Gasteiger partial charge in [-0.3, -0.25) is 0 Å². The van der Waals surface area contributed by atoms with Gasteiger partial charge in [-0.25, -0.2) is 0 Å². The Labute approximate surface area is 240 Å². The van der Waals surface area contributed by atoms with E-state index in [9.17, 15) is 21.6 Å². The lowest BCUT2D eigenvalue weighted by Crippen LogP contribution is -2.28. The first kappa shape index (κ1) is 26.3. The second-order valence-corrected chi connectivity index (χ2v) is 12.0. The fourth-order valence-corrected chi connectivity index (χ4v) is 6.44.